The zero-order chi connectivity index (χ0) is 20.9. The number of aryl methyl sites for hydroxylation is 1. The molecule has 1 aromatic carbocycles. The molecule has 1 aliphatic rings. The Balaban J connectivity index is 1.60. The van der Waals surface area contributed by atoms with Gasteiger partial charge in [-0.3, -0.25) is 4.99 Å². The zero-order valence-electron chi connectivity index (χ0n) is 18.0. The lowest BCUT2D eigenvalue weighted by Crippen LogP contribution is -2.46. The van der Waals surface area contributed by atoms with Gasteiger partial charge in [-0.2, -0.15) is 0 Å². The summed E-state index contributed by atoms with van der Waals surface area (Å²) < 4.78 is 0. The summed E-state index contributed by atoms with van der Waals surface area (Å²) in [6.45, 7) is 14.2. The number of unbranched alkanes of at least 4 members (excludes halogenated alkanes) is 1. The van der Waals surface area contributed by atoms with Gasteiger partial charge in [0.2, 0.25) is 0 Å². The van der Waals surface area contributed by atoms with Crippen molar-refractivity contribution in [2.75, 3.05) is 58.9 Å². The van der Waals surface area contributed by atoms with E-state index in [1.165, 1.54) is 52.1 Å². The van der Waals surface area contributed by atoms with Crippen LogP contribution in [0.15, 0.2) is 23.2 Å². The Bertz CT molecular complexity index is 615. The lowest BCUT2D eigenvalue weighted by molar-refractivity contribution is 0.136. The maximum atomic E-state index is 6.24. The molecule has 0 radical (unpaired) electrons. The number of nitrogens with one attached hydrogen (secondary N) is 2. The molecule has 1 aliphatic heterocycles. The fourth-order valence-corrected chi connectivity index (χ4v) is 4.03. The topological polar surface area (TPSA) is 42.9 Å². The molecule has 5 nitrogen and oxygen atoms in total. The average Bonchev–Trinajstić information content (AvgIpc) is 2.72. The third-order valence-electron chi connectivity index (χ3n) is 5.34. The zero-order valence-corrected chi connectivity index (χ0v) is 19.5. The van der Waals surface area contributed by atoms with Crippen molar-refractivity contribution in [3.05, 3.63) is 33.8 Å². The predicted molar refractivity (Wildman–Crippen MR) is 127 cm³/mol. The van der Waals surface area contributed by atoms with Crippen molar-refractivity contribution in [3.8, 4) is 0 Å². The summed E-state index contributed by atoms with van der Waals surface area (Å²) in [6.07, 6.45) is 4.26. The summed E-state index contributed by atoms with van der Waals surface area (Å²) in [5.74, 6) is 0.909. The Hall–Kier alpha value is -1.01. The maximum Gasteiger partial charge on any atom is 0.191 e. The molecule has 0 saturated carbocycles. The maximum absolute atomic E-state index is 6.24. The fourth-order valence-electron chi connectivity index (χ4n) is 3.52. The molecule has 0 unspecified atom stereocenters. The number of piperazine rings is 1. The van der Waals surface area contributed by atoms with Crippen molar-refractivity contribution < 1.29 is 0 Å². The minimum atomic E-state index is 0.679. The Morgan fingerprint density at radius 1 is 1.00 bits per heavy atom. The van der Waals surface area contributed by atoms with Gasteiger partial charge in [0.15, 0.2) is 5.96 Å². The second-order valence-electron chi connectivity index (χ2n) is 7.51. The molecule has 29 heavy (non-hydrogen) atoms. The van der Waals surface area contributed by atoms with Crippen molar-refractivity contribution in [2.24, 2.45) is 4.99 Å². The molecule has 0 atom stereocenters. The van der Waals surface area contributed by atoms with E-state index in [9.17, 15) is 0 Å². The van der Waals surface area contributed by atoms with Gasteiger partial charge in [0, 0.05) is 55.9 Å². The summed E-state index contributed by atoms with van der Waals surface area (Å²) in [5, 5.41) is 8.21. The fraction of sp³-hybridized carbons (Fsp3) is 0.682. The monoisotopic (exact) mass is 441 g/mol. The molecule has 7 heteroatoms. The van der Waals surface area contributed by atoms with Crippen LogP contribution >= 0.6 is 23.2 Å². The van der Waals surface area contributed by atoms with E-state index in [2.05, 4.69) is 34.3 Å². The van der Waals surface area contributed by atoms with Crippen molar-refractivity contribution in [2.45, 2.75) is 39.5 Å². The van der Waals surface area contributed by atoms with Gasteiger partial charge in [0.1, 0.15) is 0 Å². The van der Waals surface area contributed by atoms with Crippen molar-refractivity contribution in [3.63, 3.8) is 0 Å². The second kappa shape index (κ2) is 14.1. The molecule has 0 amide bonds. The van der Waals surface area contributed by atoms with Crippen LogP contribution in [0.2, 0.25) is 10.0 Å². The molecule has 1 heterocycles. The van der Waals surface area contributed by atoms with Gasteiger partial charge in [0.05, 0.1) is 0 Å². The molecule has 2 rings (SSSR count). The van der Waals surface area contributed by atoms with Gasteiger partial charge in [0.25, 0.3) is 0 Å². The summed E-state index contributed by atoms with van der Waals surface area (Å²) in [6, 6.07) is 5.69. The van der Waals surface area contributed by atoms with E-state index in [1.54, 1.807) is 6.07 Å². The van der Waals surface area contributed by atoms with E-state index in [1.807, 2.05) is 12.1 Å². The quantitative estimate of drug-likeness (QED) is 0.310. The highest BCUT2D eigenvalue weighted by Crippen LogP contribution is 2.21. The summed E-state index contributed by atoms with van der Waals surface area (Å²) in [5.41, 5.74) is 1.13. The predicted octanol–water partition coefficient (Wildman–Crippen LogP) is 3.90. The lowest BCUT2D eigenvalue weighted by Gasteiger charge is -2.34. The highest BCUT2D eigenvalue weighted by Gasteiger charge is 2.14. The van der Waals surface area contributed by atoms with E-state index in [-0.39, 0.29) is 0 Å². The largest absolute Gasteiger partial charge is 0.357 e. The minimum Gasteiger partial charge on any atom is -0.357 e. The number of guanidine groups is 1. The van der Waals surface area contributed by atoms with Crippen LogP contribution in [0.1, 0.15) is 38.7 Å². The highest BCUT2D eigenvalue weighted by molar-refractivity contribution is 6.35. The van der Waals surface area contributed by atoms with E-state index >= 15 is 0 Å². The smallest absolute Gasteiger partial charge is 0.191 e. The van der Waals surface area contributed by atoms with Crippen molar-refractivity contribution >= 4 is 29.2 Å². The van der Waals surface area contributed by atoms with Gasteiger partial charge >= 0.3 is 0 Å². The summed E-state index contributed by atoms with van der Waals surface area (Å²) in [7, 11) is 0. The normalized spacial score (nSPS) is 16.2. The van der Waals surface area contributed by atoms with E-state index in [4.69, 9.17) is 28.2 Å². The Kier molecular flexibility index (Phi) is 11.8. The van der Waals surface area contributed by atoms with Gasteiger partial charge in [-0.15, -0.1) is 0 Å². The molecule has 0 aliphatic carbocycles. The number of benzene rings is 1. The standard InChI is InChI=1S/C22H37Cl2N5/c1-3-25-22(27-12-7-8-19-9-10-20(23)18-21(19)24)26-11-5-6-13-29-16-14-28(4-2)15-17-29/h9-10,18H,3-8,11-17H2,1-2H3,(H2,25,26,27). The molecule has 1 aromatic rings. The third kappa shape index (κ3) is 9.56. The highest BCUT2D eigenvalue weighted by atomic mass is 35.5. The number of hydrogen-bond donors (Lipinski definition) is 2. The summed E-state index contributed by atoms with van der Waals surface area (Å²) in [4.78, 5) is 9.81. The molecular weight excluding hydrogens is 405 g/mol. The van der Waals surface area contributed by atoms with Crippen LogP contribution < -0.4 is 10.6 Å². The van der Waals surface area contributed by atoms with Crippen molar-refractivity contribution in [1.82, 2.24) is 20.4 Å². The number of nitrogens with zero attached hydrogens (tertiary/aromatic N) is 3. The van der Waals surface area contributed by atoms with E-state index < -0.39 is 0 Å². The molecule has 1 saturated heterocycles. The molecular formula is C22H37Cl2N5. The van der Waals surface area contributed by atoms with E-state index in [0.717, 1.165) is 49.0 Å². The molecule has 164 valence electrons. The average molecular weight is 442 g/mol. The number of halogens is 2. The van der Waals surface area contributed by atoms with Crippen LogP contribution in [0.3, 0.4) is 0 Å². The van der Waals surface area contributed by atoms with Crippen LogP contribution in [-0.4, -0.2) is 74.7 Å². The first-order valence-corrected chi connectivity index (χ1v) is 11.8. The van der Waals surface area contributed by atoms with Crippen LogP contribution in [0.5, 0.6) is 0 Å². The number of likely N-dealkylation sites (N-methyl/N-ethyl adjacent to an activating group) is 1. The van der Waals surface area contributed by atoms with Crippen LogP contribution in [0.25, 0.3) is 0 Å². The number of rotatable bonds is 11. The number of hydrogen-bond acceptors (Lipinski definition) is 3. The second-order valence-corrected chi connectivity index (χ2v) is 8.35. The van der Waals surface area contributed by atoms with Crippen molar-refractivity contribution in [1.29, 1.82) is 0 Å². The van der Waals surface area contributed by atoms with Gasteiger partial charge < -0.3 is 20.4 Å². The SMILES string of the molecule is CCNC(=NCCCc1ccc(Cl)cc1Cl)NCCCCN1CCN(CC)CC1. The van der Waals surface area contributed by atoms with Crippen LogP contribution in [-0.2, 0) is 6.42 Å². The Morgan fingerprint density at radius 3 is 2.45 bits per heavy atom. The Morgan fingerprint density at radius 2 is 1.76 bits per heavy atom. The first-order chi connectivity index (χ1) is 14.1. The van der Waals surface area contributed by atoms with Gasteiger partial charge in [-0.05, 0) is 63.4 Å². The van der Waals surface area contributed by atoms with Gasteiger partial charge in [-0.1, -0.05) is 36.2 Å². The Labute approximate surface area is 186 Å². The van der Waals surface area contributed by atoms with Crippen LogP contribution in [0.4, 0.5) is 0 Å². The first-order valence-electron chi connectivity index (χ1n) is 11.0. The number of aliphatic imine (C=N–C) groups is 1. The lowest BCUT2D eigenvalue weighted by atomic mass is 10.1. The van der Waals surface area contributed by atoms with Crippen LogP contribution in [0, 0.1) is 0 Å². The summed E-state index contributed by atoms with van der Waals surface area (Å²) >= 11 is 12.2. The molecule has 1 fully saturated rings. The van der Waals surface area contributed by atoms with E-state index in [0.29, 0.717) is 5.02 Å². The van der Waals surface area contributed by atoms with Gasteiger partial charge in [-0.25, -0.2) is 0 Å². The minimum absolute atomic E-state index is 0.679. The molecule has 0 spiro atoms. The third-order valence-corrected chi connectivity index (χ3v) is 5.93. The molecule has 0 aromatic heterocycles. The first kappa shape index (κ1) is 24.3. The molecule has 0 bridgehead atoms. The molecule has 2 N–H and O–H groups in total.